The average Bonchev–Trinajstić information content (AvgIpc) is 2.46. The van der Waals surface area contributed by atoms with Crippen molar-refractivity contribution in [1.82, 2.24) is 4.90 Å². The smallest absolute Gasteiger partial charge is 0.387 e. The van der Waals surface area contributed by atoms with Crippen molar-refractivity contribution in [3.8, 4) is 5.75 Å². The molecular formula is C15H20F3N3O. The van der Waals surface area contributed by atoms with Crippen molar-refractivity contribution in [2.24, 2.45) is 16.6 Å². The summed E-state index contributed by atoms with van der Waals surface area (Å²) in [7, 11) is 0. The highest BCUT2D eigenvalue weighted by Crippen LogP contribution is 2.24. The minimum atomic E-state index is -3.01. The molecule has 1 heterocycles. The van der Waals surface area contributed by atoms with Crippen LogP contribution in [0.4, 0.5) is 13.2 Å². The van der Waals surface area contributed by atoms with Gasteiger partial charge in [0, 0.05) is 13.1 Å². The molecule has 7 heteroatoms. The Morgan fingerprint density at radius 3 is 2.95 bits per heavy atom. The molecule has 0 aliphatic carbocycles. The highest BCUT2D eigenvalue weighted by Gasteiger charge is 2.18. The minimum Gasteiger partial charge on any atom is -0.434 e. The third-order valence-electron chi connectivity index (χ3n) is 3.67. The Bertz CT molecular complexity index is 537. The zero-order valence-electron chi connectivity index (χ0n) is 12.4. The van der Waals surface area contributed by atoms with Crippen molar-refractivity contribution in [3.05, 3.63) is 29.6 Å². The third kappa shape index (κ3) is 4.29. The fraction of sp³-hybridized carbons (Fsp3) is 0.533. The van der Waals surface area contributed by atoms with Crippen molar-refractivity contribution < 1.29 is 17.9 Å². The molecule has 0 spiro atoms. The molecule has 2 rings (SSSR count). The molecule has 1 aliphatic rings. The molecule has 0 radical (unpaired) electrons. The summed E-state index contributed by atoms with van der Waals surface area (Å²) in [4.78, 5) is 6.07. The number of aliphatic imine (C=N–C) groups is 1. The van der Waals surface area contributed by atoms with Gasteiger partial charge in [-0.05, 0) is 30.9 Å². The first-order valence-electron chi connectivity index (χ1n) is 7.24. The quantitative estimate of drug-likeness (QED) is 0.686. The van der Waals surface area contributed by atoms with Gasteiger partial charge in [0.05, 0.1) is 12.1 Å². The first-order chi connectivity index (χ1) is 10.5. The van der Waals surface area contributed by atoms with Crippen LogP contribution in [-0.4, -0.2) is 30.6 Å². The molecule has 1 aromatic rings. The van der Waals surface area contributed by atoms with Gasteiger partial charge in [-0.15, -0.1) is 0 Å². The van der Waals surface area contributed by atoms with E-state index in [0.717, 1.165) is 25.9 Å². The van der Waals surface area contributed by atoms with Crippen LogP contribution in [0.15, 0.2) is 23.2 Å². The molecular weight excluding hydrogens is 295 g/mol. The Balaban J connectivity index is 2.11. The molecule has 1 unspecified atom stereocenters. The van der Waals surface area contributed by atoms with Crippen LogP contribution in [0.1, 0.15) is 25.3 Å². The minimum absolute atomic E-state index is 0.0178. The normalized spacial score (nSPS) is 19.6. The molecule has 1 fully saturated rings. The number of likely N-dealkylation sites (tertiary alicyclic amines) is 1. The zero-order chi connectivity index (χ0) is 16.1. The summed E-state index contributed by atoms with van der Waals surface area (Å²) >= 11 is 0. The van der Waals surface area contributed by atoms with Crippen LogP contribution in [0, 0.1) is 11.7 Å². The molecule has 1 aliphatic heterocycles. The van der Waals surface area contributed by atoms with Crippen molar-refractivity contribution in [1.29, 1.82) is 0 Å². The van der Waals surface area contributed by atoms with Crippen LogP contribution >= 0.6 is 0 Å². The molecule has 1 aromatic carbocycles. The third-order valence-corrected chi connectivity index (χ3v) is 3.67. The van der Waals surface area contributed by atoms with Crippen LogP contribution in [0.2, 0.25) is 0 Å². The summed E-state index contributed by atoms with van der Waals surface area (Å²) in [6.07, 6.45) is 2.17. The summed E-state index contributed by atoms with van der Waals surface area (Å²) < 4.78 is 42.8. The molecule has 1 atom stereocenters. The van der Waals surface area contributed by atoms with Crippen molar-refractivity contribution in [3.63, 3.8) is 0 Å². The predicted molar refractivity (Wildman–Crippen MR) is 78.3 cm³/mol. The Kier molecular flexibility index (Phi) is 5.51. The summed E-state index contributed by atoms with van der Waals surface area (Å²) in [5.41, 5.74) is 5.91. The number of piperidine rings is 1. The topological polar surface area (TPSA) is 50.8 Å². The summed E-state index contributed by atoms with van der Waals surface area (Å²) in [6, 6.07) is 3.79. The van der Waals surface area contributed by atoms with Crippen molar-refractivity contribution >= 4 is 5.96 Å². The lowest BCUT2D eigenvalue weighted by atomic mass is 10.0. The van der Waals surface area contributed by atoms with Gasteiger partial charge in [0.15, 0.2) is 5.96 Å². The molecule has 2 N–H and O–H groups in total. The van der Waals surface area contributed by atoms with E-state index in [9.17, 15) is 13.2 Å². The number of guanidine groups is 1. The lowest BCUT2D eigenvalue weighted by molar-refractivity contribution is -0.0506. The zero-order valence-corrected chi connectivity index (χ0v) is 12.4. The second kappa shape index (κ2) is 7.38. The maximum atomic E-state index is 13.8. The van der Waals surface area contributed by atoms with E-state index in [1.54, 1.807) is 0 Å². The van der Waals surface area contributed by atoms with E-state index in [1.807, 2.05) is 4.90 Å². The van der Waals surface area contributed by atoms with E-state index in [2.05, 4.69) is 16.7 Å². The van der Waals surface area contributed by atoms with Gasteiger partial charge in [0.1, 0.15) is 11.6 Å². The predicted octanol–water partition coefficient (Wildman–Crippen LogP) is 2.97. The molecule has 0 bridgehead atoms. The number of nitrogens with zero attached hydrogens (tertiary/aromatic N) is 2. The number of benzene rings is 1. The highest BCUT2D eigenvalue weighted by molar-refractivity contribution is 5.78. The Labute approximate surface area is 127 Å². The van der Waals surface area contributed by atoms with Crippen LogP contribution in [0.5, 0.6) is 5.75 Å². The Hall–Kier alpha value is -1.92. The first kappa shape index (κ1) is 16.5. The van der Waals surface area contributed by atoms with Crippen molar-refractivity contribution in [2.75, 3.05) is 13.1 Å². The summed E-state index contributed by atoms with van der Waals surface area (Å²) in [6.45, 7) is 0.588. The number of halogens is 3. The van der Waals surface area contributed by atoms with Crippen LogP contribution < -0.4 is 10.5 Å². The molecule has 0 aromatic heterocycles. The second-order valence-electron chi connectivity index (χ2n) is 5.46. The van der Waals surface area contributed by atoms with E-state index < -0.39 is 12.4 Å². The fourth-order valence-corrected chi connectivity index (χ4v) is 2.56. The molecule has 1 saturated heterocycles. The Morgan fingerprint density at radius 1 is 1.50 bits per heavy atom. The number of hydrogen-bond acceptors (Lipinski definition) is 2. The standard InChI is InChI=1S/C15H20F3N3O/c1-10-4-3-7-21(9-10)15(19)20-8-11-12(16)5-2-6-13(11)22-14(17)18/h2,5-6,10,14H,3-4,7-9H2,1H3,(H2,19,20). The van der Waals surface area contributed by atoms with Gasteiger partial charge in [0.2, 0.25) is 0 Å². The second-order valence-corrected chi connectivity index (χ2v) is 5.46. The average molecular weight is 315 g/mol. The van der Waals surface area contributed by atoms with Crippen LogP contribution in [0.3, 0.4) is 0 Å². The van der Waals surface area contributed by atoms with Gasteiger partial charge in [-0.1, -0.05) is 13.0 Å². The number of alkyl halides is 2. The first-order valence-corrected chi connectivity index (χ1v) is 7.24. The van der Waals surface area contributed by atoms with Gasteiger partial charge in [-0.2, -0.15) is 8.78 Å². The molecule has 0 amide bonds. The maximum Gasteiger partial charge on any atom is 0.387 e. The van der Waals surface area contributed by atoms with Crippen molar-refractivity contribution in [2.45, 2.75) is 32.9 Å². The molecule has 122 valence electrons. The monoisotopic (exact) mass is 315 g/mol. The van der Waals surface area contributed by atoms with E-state index in [0.29, 0.717) is 11.9 Å². The molecule has 4 nitrogen and oxygen atoms in total. The highest BCUT2D eigenvalue weighted by atomic mass is 19.3. The molecule has 0 saturated carbocycles. The number of rotatable bonds is 4. The van der Waals surface area contributed by atoms with Gasteiger partial charge < -0.3 is 15.4 Å². The number of hydrogen-bond donors (Lipinski definition) is 1. The largest absolute Gasteiger partial charge is 0.434 e. The van der Waals surface area contributed by atoms with E-state index in [4.69, 9.17) is 5.73 Å². The molecule has 22 heavy (non-hydrogen) atoms. The van der Waals surface area contributed by atoms with Crippen LogP contribution in [0.25, 0.3) is 0 Å². The fourth-order valence-electron chi connectivity index (χ4n) is 2.56. The lowest BCUT2D eigenvalue weighted by Crippen LogP contribution is -2.43. The van der Waals surface area contributed by atoms with Crippen LogP contribution in [-0.2, 0) is 6.54 Å². The number of ether oxygens (including phenoxy) is 1. The summed E-state index contributed by atoms with van der Waals surface area (Å²) in [5, 5.41) is 0. The SMILES string of the molecule is CC1CCCN(C(N)=NCc2c(F)cccc2OC(F)F)C1. The van der Waals surface area contributed by atoms with E-state index in [1.165, 1.54) is 18.2 Å². The summed E-state index contributed by atoms with van der Waals surface area (Å²) in [5.74, 6) is -0.0215. The van der Waals surface area contributed by atoms with Gasteiger partial charge >= 0.3 is 6.61 Å². The maximum absolute atomic E-state index is 13.8. The lowest BCUT2D eigenvalue weighted by Gasteiger charge is -2.31. The van der Waals surface area contributed by atoms with Gasteiger partial charge in [-0.25, -0.2) is 9.38 Å². The van der Waals surface area contributed by atoms with Gasteiger partial charge in [-0.3, -0.25) is 0 Å². The number of nitrogens with two attached hydrogens (primary N) is 1. The van der Waals surface area contributed by atoms with E-state index >= 15 is 0 Å². The van der Waals surface area contributed by atoms with E-state index in [-0.39, 0.29) is 17.9 Å². The Morgan fingerprint density at radius 2 is 2.27 bits per heavy atom. The van der Waals surface area contributed by atoms with Gasteiger partial charge in [0.25, 0.3) is 0 Å².